The number of rotatable bonds is 5. The van der Waals surface area contributed by atoms with Gasteiger partial charge >= 0.3 is 5.97 Å². The van der Waals surface area contributed by atoms with Crippen molar-refractivity contribution in [1.29, 1.82) is 0 Å². The van der Waals surface area contributed by atoms with E-state index in [4.69, 9.17) is 44.3 Å². The van der Waals surface area contributed by atoms with Gasteiger partial charge in [-0.15, -0.1) is 0 Å². The Morgan fingerprint density at radius 2 is 1.83 bits per heavy atom. The third-order valence-corrected chi connectivity index (χ3v) is 3.85. The van der Waals surface area contributed by atoms with E-state index in [-0.39, 0.29) is 21.4 Å². The van der Waals surface area contributed by atoms with Crippen LogP contribution < -0.4 is 4.74 Å². The van der Waals surface area contributed by atoms with E-state index in [1.165, 1.54) is 19.2 Å². The van der Waals surface area contributed by atoms with Gasteiger partial charge in [0, 0.05) is 15.6 Å². The lowest BCUT2D eigenvalue weighted by molar-refractivity contribution is -0.149. The van der Waals surface area contributed by atoms with Gasteiger partial charge in [0.25, 0.3) is 0 Å². The number of benzene rings is 2. The van der Waals surface area contributed by atoms with Crippen LogP contribution in [0.25, 0.3) is 0 Å². The molecule has 0 heterocycles. The summed E-state index contributed by atoms with van der Waals surface area (Å²) in [5.74, 6) is -0.651. The maximum atomic E-state index is 12.1. The SMILES string of the molecule is COC(=O)[C@H](Oc1c(Cl)cc(Cl)cc1C=O)c1ccccc1Cl. The van der Waals surface area contributed by atoms with Crippen molar-refractivity contribution in [2.45, 2.75) is 6.10 Å². The minimum Gasteiger partial charge on any atom is -0.472 e. The monoisotopic (exact) mass is 372 g/mol. The Hall–Kier alpha value is -1.75. The molecule has 0 unspecified atom stereocenters. The quantitative estimate of drug-likeness (QED) is 0.560. The minimum absolute atomic E-state index is 0.0291. The Kier molecular flexibility index (Phi) is 5.88. The summed E-state index contributed by atoms with van der Waals surface area (Å²) < 4.78 is 10.4. The van der Waals surface area contributed by atoms with Gasteiger partial charge in [0.1, 0.15) is 5.75 Å². The van der Waals surface area contributed by atoms with Crippen molar-refractivity contribution < 1.29 is 19.1 Å². The summed E-state index contributed by atoms with van der Waals surface area (Å²) >= 11 is 18.1. The third-order valence-electron chi connectivity index (χ3n) is 3.00. The molecule has 0 amide bonds. The molecule has 23 heavy (non-hydrogen) atoms. The van der Waals surface area contributed by atoms with Crippen molar-refractivity contribution in [1.82, 2.24) is 0 Å². The summed E-state index contributed by atoms with van der Waals surface area (Å²) in [6.07, 6.45) is -0.639. The number of esters is 1. The van der Waals surface area contributed by atoms with E-state index >= 15 is 0 Å². The smallest absolute Gasteiger partial charge is 0.351 e. The Balaban J connectivity index is 2.50. The van der Waals surface area contributed by atoms with Crippen LogP contribution in [-0.4, -0.2) is 19.4 Å². The molecule has 7 heteroatoms. The van der Waals surface area contributed by atoms with Crippen molar-refractivity contribution in [2.75, 3.05) is 7.11 Å². The fraction of sp³-hybridized carbons (Fsp3) is 0.125. The Bertz CT molecular complexity index is 746. The summed E-state index contributed by atoms with van der Waals surface area (Å²) in [5.41, 5.74) is 0.507. The van der Waals surface area contributed by atoms with Gasteiger partial charge in [0.15, 0.2) is 6.29 Å². The summed E-state index contributed by atoms with van der Waals surface area (Å²) in [6, 6.07) is 9.44. The number of methoxy groups -OCH3 is 1. The third kappa shape index (κ3) is 3.96. The molecule has 0 saturated heterocycles. The zero-order chi connectivity index (χ0) is 17.0. The molecule has 0 N–H and O–H groups in total. The fourth-order valence-corrected chi connectivity index (χ4v) is 2.73. The average molecular weight is 374 g/mol. The van der Waals surface area contributed by atoms with Crippen molar-refractivity contribution in [3.05, 3.63) is 62.6 Å². The van der Waals surface area contributed by atoms with Crippen LogP contribution >= 0.6 is 34.8 Å². The van der Waals surface area contributed by atoms with E-state index in [1.54, 1.807) is 24.3 Å². The van der Waals surface area contributed by atoms with Crippen LogP contribution in [0.15, 0.2) is 36.4 Å². The molecule has 2 rings (SSSR count). The molecule has 2 aromatic carbocycles. The normalized spacial score (nSPS) is 11.7. The van der Waals surface area contributed by atoms with Crippen LogP contribution in [0.3, 0.4) is 0 Å². The zero-order valence-corrected chi connectivity index (χ0v) is 14.2. The van der Waals surface area contributed by atoms with Gasteiger partial charge in [-0.1, -0.05) is 53.0 Å². The van der Waals surface area contributed by atoms with E-state index in [2.05, 4.69) is 0 Å². The second-order valence-electron chi connectivity index (χ2n) is 4.47. The molecule has 0 fully saturated rings. The Labute approximate surface area is 147 Å². The van der Waals surface area contributed by atoms with Gasteiger partial charge in [-0.05, 0) is 18.2 Å². The number of carbonyl (C=O) groups is 2. The highest BCUT2D eigenvalue weighted by Crippen LogP contribution is 2.36. The second kappa shape index (κ2) is 7.68. The minimum atomic E-state index is -1.17. The van der Waals surface area contributed by atoms with Crippen LogP contribution in [0.5, 0.6) is 5.75 Å². The molecular weight excluding hydrogens is 363 g/mol. The summed E-state index contributed by atoms with van der Waals surface area (Å²) in [6.45, 7) is 0. The van der Waals surface area contributed by atoms with E-state index < -0.39 is 12.1 Å². The molecule has 0 aliphatic heterocycles. The van der Waals surface area contributed by atoms with Gasteiger partial charge in [-0.3, -0.25) is 4.79 Å². The number of halogens is 3. The molecule has 4 nitrogen and oxygen atoms in total. The molecule has 0 saturated carbocycles. The molecule has 0 bridgehead atoms. The molecule has 120 valence electrons. The predicted molar refractivity (Wildman–Crippen MR) is 88.7 cm³/mol. The summed E-state index contributed by atoms with van der Waals surface area (Å²) in [4.78, 5) is 23.3. The van der Waals surface area contributed by atoms with E-state index in [0.29, 0.717) is 16.9 Å². The second-order valence-corrected chi connectivity index (χ2v) is 5.72. The van der Waals surface area contributed by atoms with Crippen LogP contribution in [0, 0.1) is 0 Å². The number of hydrogen-bond acceptors (Lipinski definition) is 4. The molecule has 0 aliphatic rings. The van der Waals surface area contributed by atoms with Gasteiger partial charge in [-0.25, -0.2) is 4.79 Å². The number of aldehydes is 1. The first-order chi connectivity index (χ1) is 11.0. The number of carbonyl (C=O) groups excluding carboxylic acids is 2. The molecule has 2 aromatic rings. The molecular formula is C16H11Cl3O4. The van der Waals surface area contributed by atoms with Crippen molar-refractivity contribution in [3.63, 3.8) is 0 Å². The average Bonchev–Trinajstić information content (AvgIpc) is 2.53. The van der Waals surface area contributed by atoms with Gasteiger partial charge in [0.05, 0.1) is 17.7 Å². The number of hydrogen-bond donors (Lipinski definition) is 0. The van der Waals surface area contributed by atoms with Gasteiger partial charge in [0.2, 0.25) is 6.10 Å². The first-order valence-electron chi connectivity index (χ1n) is 6.41. The topological polar surface area (TPSA) is 52.6 Å². The van der Waals surface area contributed by atoms with Crippen LogP contribution in [0.4, 0.5) is 0 Å². The van der Waals surface area contributed by atoms with E-state index in [0.717, 1.165) is 0 Å². The highest BCUT2D eigenvalue weighted by Gasteiger charge is 2.27. The van der Waals surface area contributed by atoms with E-state index in [9.17, 15) is 9.59 Å². The lowest BCUT2D eigenvalue weighted by Crippen LogP contribution is -2.21. The van der Waals surface area contributed by atoms with E-state index in [1.807, 2.05) is 0 Å². The first-order valence-corrected chi connectivity index (χ1v) is 7.54. The van der Waals surface area contributed by atoms with Gasteiger partial charge in [-0.2, -0.15) is 0 Å². The largest absolute Gasteiger partial charge is 0.472 e. The van der Waals surface area contributed by atoms with Gasteiger partial charge < -0.3 is 9.47 Å². The highest BCUT2D eigenvalue weighted by atomic mass is 35.5. The summed E-state index contributed by atoms with van der Waals surface area (Å²) in [5, 5.41) is 0.693. The van der Waals surface area contributed by atoms with Crippen LogP contribution in [-0.2, 0) is 9.53 Å². The lowest BCUT2D eigenvalue weighted by atomic mass is 10.1. The molecule has 0 spiro atoms. The molecule has 0 radical (unpaired) electrons. The Morgan fingerprint density at radius 3 is 2.43 bits per heavy atom. The Morgan fingerprint density at radius 1 is 1.13 bits per heavy atom. The van der Waals surface area contributed by atoms with Crippen molar-refractivity contribution in [3.8, 4) is 5.75 Å². The first kappa shape index (κ1) is 17.6. The highest BCUT2D eigenvalue weighted by molar-refractivity contribution is 6.36. The van der Waals surface area contributed by atoms with Crippen LogP contribution in [0.1, 0.15) is 22.0 Å². The molecule has 1 atom stereocenters. The summed E-state index contributed by atoms with van der Waals surface area (Å²) in [7, 11) is 1.22. The lowest BCUT2D eigenvalue weighted by Gasteiger charge is -2.20. The fourth-order valence-electron chi connectivity index (χ4n) is 1.94. The van der Waals surface area contributed by atoms with Crippen LogP contribution in [0.2, 0.25) is 15.1 Å². The van der Waals surface area contributed by atoms with Crippen molar-refractivity contribution in [2.24, 2.45) is 0 Å². The maximum absolute atomic E-state index is 12.1. The molecule has 0 aliphatic carbocycles. The standard InChI is InChI=1S/C16H11Cl3O4/c1-22-16(21)15(11-4-2-3-5-12(11)18)23-14-9(8-20)6-10(17)7-13(14)19/h2-8,15H,1H3/t15-/m1/s1. The predicted octanol–water partition coefficient (Wildman–Crippen LogP) is 4.75. The number of ether oxygens (including phenoxy) is 2. The van der Waals surface area contributed by atoms with Crippen molar-refractivity contribution >= 4 is 47.1 Å². The zero-order valence-electron chi connectivity index (χ0n) is 11.9. The molecule has 0 aromatic heterocycles. The maximum Gasteiger partial charge on any atom is 0.351 e.